The van der Waals surface area contributed by atoms with Crippen molar-refractivity contribution in [2.75, 3.05) is 26.4 Å². The van der Waals surface area contributed by atoms with E-state index >= 15 is 0 Å². The Balaban J connectivity index is 1.75. The number of carbonyl (C=O) groups excluding carboxylic acids is 3. The molecular weight excluding hydrogens is 1270 g/mol. The Bertz CT molecular complexity index is 2090. The molecule has 24 nitrogen and oxygen atoms in total. The van der Waals surface area contributed by atoms with Crippen LogP contribution in [0.2, 0.25) is 0 Å². The molecular formula is C71H129O24P. The number of unbranched alkanes of at least 4 members (excludes halogenated alkanes) is 32. The summed E-state index contributed by atoms with van der Waals surface area (Å²) in [4.78, 5) is 50.9. The van der Waals surface area contributed by atoms with Crippen LogP contribution in [0.4, 0.5) is 0 Å². The standard InChI is InChI=1S/C71H129O24P/c1-4-7-10-13-16-19-22-25-27-29-32-35-38-41-44-47-57(75)90-52(49-87-55(73)45-42-39-36-34-31-28-26-23-20-17-14-11-8-5-2)50-89-96(85,86)95-69-67(93-70-65(83)60(78)58(76)53(48-72)91-70)63(81)62(80)64(82)68(69)94-71-66(84)61(79)59(77)54(92-71)51-88-56(74)46-43-40-37-33-30-24-21-18-15-12-9-6-3/h19,22,28,31,52-54,58-72,76-84H,4-18,20-21,23-27,29-30,32-51H2,1-3H3,(H,85,86)/b22-19-,31-28-. The number of allylic oxidation sites excluding steroid dienone is 4. The van der Waals surface area contributed by atoms with Crippen molar-refractivity contribution < 1.29 is 117 Å². The van der Waals surface area contributed by atoms with E-state index in [4.69, 9.17) is 42.2 Å². The highest BCUT2D eigenvalue weighted by Crippen LogP contribution is 2.49. The Morgan fingerprint density at radius 3 is 1.15 bits per heavy atom. The zero-order valence-electron chi connectivity index (χ0n) is 58.4. The highest BCUT2D eigenvalue weighted by Gasteiger charge is 2.58. The van der Waals surface area contributed by atoms with E-state index in [1.54, 1.807) is 0 Å². The van der Waals surface area contributed by atoms with Crippen molar-refractivity contribution in [3.05, 3.63) is 24.3 Å². The molecule has 11 N–H and O–H groups in total. The molecule has 25 heteroatoms. The number of hydrogen-bond donors (Lipinski definition) is 11. The molecule has 0 bridgehead atoms. The molecule has 3 rings (SSSR count). The molecule has 0 aromatic rings. The van der Waals surface area contributed by atoms with E-state index in [2.05, 4.69) is 45.1 Å². The second-order valence-electron chi connectivity index (χ2n) is 26.7. The number of rotatable bonds is 57. The Morgan fingerprint density at radius 2 is 0.729 bits per heavy atom. The number of esters is 3. The molecule has 18 atom stereocenters. The largest absolute Gasteiger partial charge is 0.472 e. The highest BCUT2D eigenvalue weighted by molar-refractivity contribution is 7.47. The number of ether oxygens (including phenoxy) is 7. The number of carbonyl (C=O) groups is 3. The van der Waals surface area contributed by atoms with Gasteiger partial charge >= 0.3 is 25.7 Å². The van der Waals surface area contributed by atoms with Crippen LogP contribution in [0.25, 0.3) is 0 Å². The van der Waals surface area contributed by atoms with Crippen LogP contribution in [0.5, 0.6) is 0 Å². The summed E-state index contributed by atoms with van der Waals surface area (Å²) >= 11 is 0. The lowest BCUT2D eigenvalue weighted by Crippen LogP contribution is -2.69. The summed E-state index contributed by atoms with van der Waals surface area (Å²) in [6.07, 6.45) is 12.5. The maximum atomic E-state index is 14.3. The molecule has 96 heavy (non-hydrogen) atoms. The molecule has 0 aromatic heterocycles. The van der Waals surface area contributed by atoms with Crippen LogP contribution >= 0.6 is 7.82 Å². The molecule has 0 aromatic carbocycles. The van der Waals surface area contributed by atoms with E-state index in [0.717, 1.165) is 116 Å². The summed E-state index contributed by atoms with van der Waals surface area (Å²) in [5.74, 6) is -2.01. The van der Waals surface area contributed by atoms with Crippen LogP contribution in [0, 0.1) is 0 Å². The van der Waals surface area contributed by atoms with Gasteiger partial charge in [0.05, 0.1) is 13.2 Å². The fourth-order valence-electron chi connectivity index (χ4n) is 12.1. The monoisotopic (exact) mass is 1400 g/mol. The topological polar surface area (TPSA) is 374 Å². The van der Waals surface area contributed by atoms with E-state index in [9.17, 15) is 74.9 Å². The van der Waals surface area contributed by atoms with Crippen molar-refractivity contribution in [3.8, 4) is 0 Å². The van der Waals surface area contributed by atoms with Crippen molar-refractivity contribution in [2.24, 2.45) is 0 Å². The Labute approximate surface area is 573 Å². The highest BCUT2D eigenvalue weighted by atomic mass is 31.2. The average molecular weight is 1400 g/mol. The molecule has 1 aliphatic carbocycles. The van der Waals surface area contributed by atoms with Crippen LogP contribution in [-0.2, 0) is 61.2 Å². The third kappa shape index (κ3) is 36.4. The molecule has 18 unspecified atom stereocenters. The van der Waals surface area contributed by atoms with Crippen LogP contribution in [-0.4, -0.2) is 204 Å². The first-order valence-electron chi connectivity index (χ1n) is 37.1. The van der Waals surface area contributed by atoms with Gasteiger partial charge in [0.2, 0.25) is 0 Å². The minimum absolute atomic E-state index is 0.0247. The molecule has 562 valence electrons. The lowest BCUT2D eigenvalue weighted by atomic mass is 9.84. The van der Waals surface area contributed by atoms with Crippen LogP contribution < -0.4 is 0 Å². The van der Waals surface area contributed by atoms with Crippen molar-refractivity contribution in [1.82, 2.24) is 0 Å². The summed E-state index contributed by atoms with van der Waals surface area (Å²) < 4.78 is 64.9. The molecule has 3 fully saturated rings. The normalized spacial score (nSPS) is 28.1. The number of phosphoric acid groups is 1. The van der Waals surface area contributed by atoms with Gasteiger partial charge < -0.3 is 89.1 Å². The lowest BCUT2D eigenvalue weighted by Gasteiger charge is -2.49. The molecule has 0 radical (unpaired) electrons. The predicted octanol–water partition coefficient (Wildman–Crippen LogP) is 9.74. The fraction of sp³-hybridized carbons (Fsp3) is 0.901. The molecule has 2 saturated heterocycles. The molecule has 0 amide bonds. The van der Waals surface area contributed by atoms with Crippen molar-refractivity contribution >= 4 is 25.7 Å². The smallest absolute Gasteiger partial charge is 0.463 e. The molecule has 0 spiro atoms. The third-order valence-electron chi connectivity index (χ3n) is 18.2. The SMILES string of the molecule is CCCCCC/C=C\CCCCCCCCCC(=O)OC(COC(=O)CCCCC/C=C\CCCCCCCCC)COP(=O)(O)OC1C(OC2OC(CO)C(O)C(O)C2O)C(O)C(O)C(O)C1OC1OC(COC(=O)CCCCCCCCCCCCCC)C(O)C(O)C1O. The number of hydrogen-bond acceptors (Lipinski definition) is 23. The summed E-state index contributed by atoms with van der Waals surface area (Å²) in [6, 6.07) is 0. The van der Waals surface area contributed by atoms with Gasteiger partial charge in [-0.25, -0.2) is 4.57 Å². The summed E-state index contributed by atoms with van der Waals surface area (Å²) in [5, 5.41) is 110. The third-order valence-corrected chi connectivity index (χ3v) is 19.2. The first-order valence-corrected chi connectivity index (χ1v) is 38.6. The van der Waals surface area contributed by atoms with Gasteiger partial charge in [0, 0.05) is 19.3 Å². The van der Waals surface area contributed by atoms with Gasteiger partial charge in [-0.15, -0.1) is 0 Å². The lowest BCUT2D eigenvalue weighted by molar-refractivity contribution is -0.360. The van der Waals surface area contributed by atoms with E-state index in [-0.39, 0.29) is 19.3 Å². The minimum Gasteiger partial charge on any atom is -0.463 e. The van der Waals surface area contributed by atoms with Crippen molar-refractivity contribution in [1.29, 1.82) is 0 Å². The van der Waals surface area contributed by atoms with Gasteiger partial charge in [-0.05, 0) is 70.6 Å². The van der Waals surface area contributed by atoms with E-state index in [1.165, 1.54) is 103 Å². The summed E-state index contributed by atoms with van der Waals surface area (Å²) in [7, 11) is -5.70. The maximum Gasteiger partial charge on any atom is 0.472 e. The quantitative estimate of drug-likeness (QED) is 0.00886. The summed E-state index contributed by atoms with van der Waals surface area (Å²) in [5.41, 5.74) is 0. The second-order valence-corrected chi connectivity index (χ2v) is 28.1. The maximum absolute atomic E-state index is 14.3. The van der Waals surface area contributed by atoms with Gasteiger partial charge in [-0.1, -0.05) is 212 Å². The molecule has 2 aliphatic heterocycles. The van der Waals surface area contributed by atoms with E-state index < -0.39 is 156 Å². The first-order chi connectivity index (χ1) is 46.3. The van der Waals surface area contributed by atoms with Gasteiger partial charge in [0.15, 0.2) is 18.7 Å². The zero-order chi connectivity index (χ0) is 70.4. The molecule has 1 saturated carbocycles. The van der Waals surface area contributed by atoms with Gasteiger partial charge in [-0.2, -0.15) is 0 Å². The first kappa shape index (κ1) is 87.7. The predicted molar refractivity (Wildman–Crippen MR) is 361 cm³/mol. The van der Waals surface area contributed by atoms with Gasteiger partial charge in [-0.3, -0.25) is 23.4 Å². The van der Waals surface area contributed by atoms with Crippen molar-refractivity contribution in [3.63, 3.8) is 0 Å². The number of aliphatic hydroxyl groups excluding tert-OH is 10. The summed E-state index contributed by atoms with van der Waals surface area (Å²) in [6.45, 7) is 3.40. The van der Waals surface area contributed by atoms with Crippen LogP contribution in [0.3, 0.4) is 0 Å². The van der Waals surface area contributed by atoms with Gasteiger partial charge in [0.1, 0.15) is 98.7 Å². The molecule has 2 heterocycles. The zero-order valence-corrected chi connectivity index (χ0v) is 59.3. The number of aliphatic hydroxyl groups is 10. The van der Waals surface area contributed by atoms with Gasteiger partial charge in [0.25, 0.3) is 0 Å². The Morgan fingerprint density at radius 1 is 0.396 bits per heavy atom. The fourth-order valence-corrected chi connectivity index (χ4v) is 13.1. The molecule has 3 aliphatic rings. The number of phosphoric ester groups is 1. The van der Waals surface area contributed by atoms with E-state index in [1.807, 2.05) is 0 Å². The second kappa shape index (κ2) is 53.3. The van der Waals surface area contributed by atoms with E-state index in [0.29, 0.717) is 19.3 Å². The Hall–Kier alpha value is -2.56. The van der Waals surface area contributed by atoms with Crippen LogP contribution in [0.15, 0.2) is 24.3 Å². The van der Waals surface area contributed by atoms with Crippen LogP contribution in [0.1, 0.15) is 278 Å². The Kier molecular flexibility index (Phi) is 48.7. The minimum atomic E-state index is -5.70. The average Bonchev–Trinajstić information content (AvgIpc) is 0.768. The van der Waals surface area contributed by atoms with Crippen molar-refractivity contribution in [2.45, 2.75) is 382 Å².